The number of carboxylic acid groups (broad SMARTS) is 3. The summed E-state index contributed by atoms with van der Waals surface area (Å²) in [6, 6.07) is 21.1. The average molecular weight is 1400 g/mol. The number of hydrogen-bond donors (Lipinski definition) is 8. The first-order chi connectivity index (χ1) is 47.9. The third-order valence-corrected chi connectivity index (χ3v) is 20.5. The number of aliphatic hydroxyl groups is 3. The summed E-state index contributed by atoms with van der Waals surface area (Å²) in [7, 11) is 0. The lowest BCUT2D eigenvalue weighted by Gasteiger charge is -2.65. The molecule has 3 aliphatic heterocycles. The highest BCUT2D eigenvalue weighted by Crippen LogP contribution is 2.68. The average Bonchev–Trinajstić information content (AvgIpc) is 0.889. The van der Waals surface area contributed by atoms with Crippen molar-refractivity contribution in [3.05, 3.63) is 125 Å². The Bertz CT molecular complexity index is 4110. The fraction of sp³-hybridized carbons (Fsp3) is 0.471. The zero-order chi connectivity index (χ0) is 70.6. The maximum Gasteiger partial charge on any atom is 0.410 e. The van der Waals surface area contributed by atoms with Crippen molar-refractivity contribution >= 4 is 80.1 Å². The zero-order valence-corrected chi connectivity index (χ0v) is 55.9. The highest BCUT2D eigenvalue weighted by Gasteiger charge is 2.62. The number of fused-ring (bicyclic) bond motifs is 2. The topological polar surface area (TPSA) is 391 Å². The van der Waals surface area contributed by atoms with Crippen LogP contribution in [0.2, 0.25) is 0 Å². The maximum absolute atomic E-state index is 14.2. The van der Waals surface area contributed by atoms with E-state index in [2.05, 4.69) is 22.5 Å². The Balaban J connectivity index is 0.687. The smallest absolute Gasteiger partial charge is 0.410 e. The molecule has 4 unspecified atom stereocenters. The van der Waals surface area contributed by atoms with E-state index in [4.69, 9.17) is 38.5 Å². The zero-order valence-electron chi connectivity index (χ0n) is 55.1. The number of pyridine rings is 1. The molecule has 30 heteroatoms. The van der Waals surface area contributed by atoms with Crippen LogP contribution in [0.15, 0.2) is 91.1 Å². The van der Waals surface area contributed by atoms with Crippen molar-refractivity contribution in [2.75, 3.05) is 69.4 Å². The summed E-state index contributed by atoms with van der Waals surface area (Å²) in [6.07, 6.45) is -0.783. The molecule has 530 valence electrons. The van der Waals surface area contributed by atoms with Crippen LogP contribution < -0.4 is 25.0 Å². The van der Waals surface area contributed by atoms with Gasteiger partial charge in [-0.15, -0.1) is 0 Å². The highest BCUT2D eigenvalue weighted by atomic mass is 32.1. The first kappa shape index (κ1) is 70.4. The van der Waals surface area contributed by atoms with Crippen LogP contribution in [-0.4, -0.2) is 203 Å². The van der Waals surface area contributed by atoms with Gasteiger partial charge in [0.15, 0.2) is 16.9 Å². The molecule has 3 aromatic carbocycles. The van der Waals surface area contributed by atoms with Gasteiger partial charge in [-0.05, 0) is 129 Å². The molecule has 6 heterocycles. The summed E-state index contributed by atoms with van der Waals surface area (Å²) in [5, 5.41) is 72.4. The van der Waals surface area contributed by atoms with Crippen LogP contribution in [0.4, 0.5) is 15.7 Å². The molecule has 13 rings (SSSR count). The summed E-state index contributed by atoms with van der Waals surface area (Å²) in [4.78, 5) is 115. The van der Waals surface area contributed by atoms with Crippen molar-refractivity contribution in [3.63, 3.8) is 0 Å². The van der Waals surface area contributed by atoms with E-state index in [1.807, 2.05) is 59.0 Å². The molecule has 29 nitrogen and oxygen atoms in total. The fourth-order valence-corrected chi connectivity index (χ4v) is 16.5. The first-order valence-electron chi connectivity index (χ1n) is 33.2. The predicted molar refractivity (Wildman–Crippen MR) is 356 cm³/mol. The lowest BCUT2D eigenvalue weighted by molar-refractivity contribution is -0.271. The molecule has 3 aromatic heterocycles. The van der Waals surface area contributed by atoms with Gasteiger partial charge >= 0.3 is 24.0 Å². The molecule has 5 amide bonds. The quantitative estimate of drug-likeness (QED) is 0.0197. The number of aliphatic hydroxyl groups excluding tert-OH is 3. The van der Waals surface area contributed by atoms with Crippen LogP contribution in [0.5, 0.6) is 11.5 Å². The van der Waals surface area contributed by atoms with Gasteiger partial charge in [0.2, 0.25) is 12.2 Å². The highest BCUT2D eigenvalue weighted by molar-refractivity contribution is 7.22. The number of aliphatic carboxylic acids is 2. The Hall–Kier alpha value is -9.43. The Kier molecular flexibility index (Phi) is 21.0. The fourth-order valence-electron chi connectivity index (χ4n) is 15.6. The third-order valence-electron chi connectivity index (χ3n) is 19.5. The lowest BCUT2D eigenvalue weighted by atomic mass is 9.43. The van der Waals surface area contributed by atoms with Gasteiger partial charge in [-0.2, -0.15) is 5.10 Å². The number of ether oxygens (including phenoxy) is 6. The Labute approximate surface area is 577 Å². The number of amides is 5. The number of thiazole rings is 1. The van der Waals surface area contributed by atoms with Gasteiger partial charge in [0.05, 0.1) is 41.8 Å². The van der Waals surface area contributed by atoms with Gasteiger partial charge in [-0.1, -0.05) is 42.5 Å². The van der Waals surface area contributed by atoms with Crippen molar-refractivity contribution < 1.29 is 97.4 Å². The van der Waals surface area contributed by atoms with E-state index in [0.717, 1.165) is 76.2 Å². The van der Waals surface area contributed by atoms with Gasteiger partial charge in [0.25, 0.3) is 17.7 Å². The van der Waals surface area contributed by atoms with Gasteiger partial charge in [-0.3, -0.25) is 38.9 Å². The van der Waals surface area contributed by atoms with Gasteiger partial charge in [-0.25, -0.2) is 24.4 Å². The number of carbonyl (C=O) groups is 8. The van der Waals surface area contributed by atoms with Crippen molar-refractivity contribution in [3.8, 4) is 22.6 Å². The van der Waals surface area contributed by atoms with Crippen LogP contribution >= 0.6 is 11.3 Å². The molecule has 0 radical (unpaired) electrons. The van der Waals surface area contributed by atoms with Gasteiger partial charge in [0, 0.05) is 105 Å². The molecule has 6 aromatic rings. The molecule has 4 saturated carbocycles. The number of anilines is 2. The Morgan fingerprint density at radius 2 is 1.64 bits per heavy atom. The van der Waals surface area contributed by atoms with Crippen molar-refractivity contribution in [2.24, 2.45) is 16.7 Å². The van der Waals surface area contributed by atoms with Gasteiger partial charge < -0.3 is 74.2 Å². The summed E-state index contributed by atoms with van der Waals surface area (Å²) in [6.45, 7) is 5.36. The summed E-state index contributed by atoms with van der Waals surface area (Å²) in [5.74, 6) is -4.73. The Morgan fingerprint density at radius 1 is 0.830 bits per heavy atom. The second-order valence-electron chi connectivity index (χ2n) is 27.0. The molecule has 8 N–H and O–H groups in total. The summed E-state index contributed by atoms with van der Waals surface area (Å²) in [5.41, 5.74) is 4.30. The van der Waals surface area contributed by atoms with Crippen LogP contribution in [0.25, 0.3) is 21.3 Å². The van der Waals surface area contributed by atoms with E-state index in [9.17, 15) is 69.0 Å². The number of para-hydroxylation sites is 1. The van der Waals surface area contributed by atoms with Gasteiger partial charge in [0.1, 0.15) is 48.8 Å². The molecular formula is C70H79N9O20S. The van der Waals surface area contributed by atoms with Crippen molar-refractivity contribution in [1.29, 1.82) is 0 Å². The van der Waals surface area contributed by atoms with Crippen molar-refractivity contribution in [2.45, 2.75) is 134 Å². The molecule has 0 spiro atoms. The lowest BCUT2D eigenvalue weighted by Crippen LogP contribution is -2.61. The van der Waals surface area contributed by atoms with E-state index >= 15 is 0 Å². The van der Waals surface area contributed by atoms with E-state index in [1.54, 1.807) is 18.3 Å². The number of hydrogen-bond acceptors (Lipinski definition) is 22. The van der Waals surface area contributed by atoms with E-state index in [1.165, 1.54) is 34.4 Å². The van der Waals surface area contributed by atoms with E-state index < -0.39 is 78.0 Å². The number of carbonyl (C=O) groups excluding carboxylic acids is 5. The monoisotopic (exact) mass is 1400 g/mol. The maximum atomic E-state index is 14.2. The minimum absolute atomic E-state index is 0.0140. The Morgan fingerprint density at radius 3 is 2.41 bits per heavy atom. The standard InChI is InChI=1S/C70H79N9O20S/c1-40-47(45-14-15-52(74-57(45)63(89)90)77-22-18-42-7-5-8-46(48(42)34-77)62(88)75-66-73-49-9-3-4-10-51(49)100-66)33-72-79(40)39-69-31-41-30-68(2,36-69)37-70(32-41,38-69)97-26-24-76(21-6-11-56(83)84)67(93)96-35-43-12-13-44(98-65-60(87)58(85)59(86)61(99-65)64(91)92)29-50(43)95-28-27-94-25-20-71-53(80)19-23-78-54(81)16-17-55(78)82/h3-5,7-10,12-17,29,33,41,58-61,65,85-87H,6,11,18-28,30-32,34-39H2,1-2H3,(H,71,80)(H,83,84)(H,89,90)(H,91,92)(H,73,75,88)/t41?,58-,59-,60+,61-,65+,68?,69?,70?/m0/s1. The molecule has 9 atom stereocenters. The van der Waals surface area contributed by atoms with Crippen molar-refractivity contribution in [1.82, 2.24) is 34.9 Å². The van der Waals surface area contributed by atoms with Crippen LogP contribution in [0.1, 0.15) is 108 Å². The number of benzene rings is 3. The minimum atomic E-state index is -1.97. The number of aromatic carboxylic acids is 1. The molecule has 100 heavy (non-hydrogen) atoms. The largest absolute Gasteiger partial charge is 0.491 e. The number of aromatic nitrogens is 4. The number of nitrogens with zero attached hydrogens (tertiary/aromatic N) is 7. The second kappa shape index (κ2) is 29.8. The first-order valence-corrected chi connectivity index (χ1v) is 34.1. The van der Waals surface area contributed by atoms with E-state index in [0.29, 0.717) is 71.6 Å². The number of rotatable bonds is 30. The normalized spacial score (nSPS) is 24.3. The minimum Gasteiger partial charge on any atom is -0.491 e. The molecular weight excluding hydrogens is 1320 g/mol. The molecule has 1 saturated heterocycles. The molecule has 7 aliphatic rings. The van der Waals surface area contributed by atoms with Crippen LogP contribution in [0, 0.1) is 23.7 Å². The van der Waals surface area contributed by atoms with Crippen LogP contribution in [-0.2, 0) is 69.0 Å². The third kappa shape index (κ3) is 15.8. The molecule has 4 bridgehead atoms. The number of nitrogens with one attached hydrogen (secondary N) is 2. The van der Waals surface area contributed by atoms with E-state index in [-0.39, 0.29) is 112 Å². The van der Waals surface area contributed by atoms with Crippen LogP contribution in [0.3, 0.4) is 0 Å². The molecule has 4 aliphatic carbocycles. The number of imide groups is 1. The molecule has 5 fully saturated rings. The SMILES string of the molecule is Cc1c(-c2ccc(N3CCc4cccc(C(=O)Nc5nc6ccccc6s5)c4C3)nc2C(=O)O)cnn1CC12CC3CC(C)(C1)CC(OCCN(CCCC(=O)O)C(=O)OCc1ccc(O[C@@H]4O[C@H](C(=O)O)[C@@H](O)[C@H](O)[C@H]4O)cc1OCCOCCNC(=O)CCN1C(=O)C=CC1=O)(C3)C2. The summed E-state index contributed by atoms with van der Waals surface area (Å²) >= 11 is 1.40. The number of carboxylic acids is 3. The summed E-state index contributed by atoms with van der Waals surface area (Å²) < 4.78 is 38.6. The predicted octanol–water partition coefficient (Wildman–Crippen LogP) is 5.72. The second-order valence-corrected chi connectivity index (χ2v) is 28.0.